The lowest BCUT2D eigenvalue weighted by atomic mass is 10.1. The van der Waals surface area contributed by atoms with Crippen molar-refractivity contribution < 1.29 is 19.4 Å². The normalized spacial score (nSPS) is 15.6. The molecule has 0 aliphatic carbocycles. The molecule has 8 heteroatoms. The van der Waals surface area contributed by atoms with Crippen LogP contribution >= 0.6 is 27.7 Å². The fraction of sp³-hybridized carbons (Fsp3) is 0.133. The van der Waals surface area contributed by atoms with Gasteiger partial charge in [0.05, 0.1) is 24.3 Å². The van der Waals surface area contributed by atoms with E-state index in [0.29, 0.717) is 27.9 Å². The number of ether oxygens (including phenoxy) is 2. The first-order valence-corrected chi connectivity index (χ1v) is 13.6. The van der Waals surface area contributed by atoms with Gasteiger partial charge in [-0.1, -0.05) is 58.0 Å². The lowest BCUT2D eigenvalue weighted by molar-refractivity contribution is -0.138. The van der Waals surface area contributed by atoms with Crippen molar-refractivity contribution >= 4 is 61.4 Å². The van der Waals surface area contributed by atoms with Crippen LogP contribution in [0.3, 0.4) is 0 Å². The van der Waals surface area contributed by atoms with Gasteiger partial charge in [0.1, 0.15) is 22.1 Å². The van der Waals surface area contributed by atoms with Crippen LogP contribution in [0.2, 0.25) is 0 Å². The number of aliphatic imine (C=N–C) groups is 1. The molecule has 1 N–H and O–H groups in total. The molecule has 0 spiro atoms. The quantitative estimate of drug-likeness (QED) is 0.224. The molecule has 0 bridgehead atoms. The average Bonchev–Trinajstić information content (AvgIpc) is 3.41. The molecule has 38 heavy (non-hydrogen) atoms. The molecule has 4 aromatic rings. The van der Waals surface area contributed by atoms with Crippen LogP contribution in [0.1, 0.15) is 18.1 Å². The largest absolute Gasteiger partial charge is 0.506 e. The number of methoxy groups -OCH3 is 1. The molecule has 5 rings (SSSR count). The Morgan fingerprint density at radius 2 is 1.87 bits per heavy atom. The predicted molar refractivity (Wildman–Crippen MR) is 157 cm³/mol. The standard InChI is InChI=1S/C30H25BrN2O4S/c1-3-37-30(35)27-28(34)26(38-29(27)32-22-10-12-23(36-2)13-11-22)15-20-18-33(17-19-7-5-4-6-8-19)25-14-9-21(31)16-24(20)25/h4-16,18,34H,3,17H2,1-2H3/b26-15-,32-29?. The van der Waals surface area contributed by atoms with Crippen LogP contribution in [0.4, 0.5) is 5.69 Å². The summed E-state index contributed by atoms with van der Waals surface area (Å²) in [5, 5.41) is 12.6. The Balaban J connectivity index is 1.58. The molecular formula is C30H25BrN2O4S. The van der Waals surface area contributed by atoms with Crippen molar-refractivity contribution in [3.8, 4) is 5.75 Å². The van der Waals surface area contributed by atoms with Crippen molar-refractivity contribution in [2.75, 3.05) is 13.7 Å². The molecule has 0 unspecified atom stereocenters. The first-order chi connectivity index (χ1) is 18.5. The second-order valence-electron chi connectivity index (χ2n) is 8.53. The van der Waals surface area contributed by atoms with Gasteiger partial charge in [-0.3, -0.25) is 0 Å². The predicted octanol–water partition coefficient (Wildman–Crippen LogP) is 7.65. The van der Waals surface area contributed by atoms with Crippen molar-refractivity contribution in [1.82, 2.24) is 4.57 Å². The maximum atomic E-state index is 12.8. The average molecular weight is 590 g/mol. The monoisotopic (exact) mass is 588 g/mol. The molecule has 3 aromatic carbocycles. The van der Waals surface area contributed by atoms with Crippen molar-refractivity contribution in [3.63, 3.8) is 0 Å². The van der Waals surface area contributed by atoms with E-state index >= 15 is 0 Å². The molecule has 192 valence electrons. The van der Waals surface area contributed by atoms with Gasteiger partial charge in [-0.25, -0.2) is 9.79 Å². The number of aromatic nitrogens is 1. The first kappa shape index (κ1) is 25.9. The summed E-state index contributed by atoms with van der Waals surface area (Å²) in [6.45, 7) is 2.62. The van der Waals surface area contributed by atoms with Crippen LogP contribution in [-0.2, 0) is 16.1 Å². The zero-order valence-electron chi connectivity index (χ0n) is 20.8. The number of rotatable bonds is 7. The maximum Gasteiger partial charge on any atom is 0.344 e. The van der Waals surface area contributed by atoms with Crippen LogP contribution in [0.25, 0.3) is 17.0 Å². The van der Waals surface area contributed by atoms with Gasteiger partial charge in [0, 0.05) is 33.7 Å². The Morgan fingerprint density at radius 3 is 2.58 bits per heavy atom. The van der Waals surface area contributed by atoms with Crippen molar-refractivity contribution in [2.24, 2.45) is 4.99 Å². The Morgan fingerprint density at radius 1 is 1.11 bits per heavy atom. The summed E-state index contributed by atoms with van der Waals surface area (Å²) in [6, 6.07) is 23.6. The smallest absolute Gasteiger partial charge is 0.344 e. The van der Waals surface area contributed by atoms with E-state index in [9.17, 15) is 9.90 Å². The molecule has 1 aliphatic rings. The molecule has 0 saturated heterocycles. The van der Waals surface area contributed by atoms with E-state index in [1.54, 1.807) is 38.3 Å². The highest BCUT2D eigenvalue weighted by Gasteiger charge is 2.33. The maximum absolute atomic E-state index is 12.8. The van der Waals surface area contributed by atoms with Crippen LogP contribution in [0, 0.1) is 0 Å². The number of thioether (sulfide) groups is 1. The van der Waals surface area contributed by atoms with E-state index < -0.39 is 5.97 Å². The van der Waals surface area contributed by atoms with Crippen LogP contribution in [-0.4, -0.2) is 34.4 Å². The summed E-state index contributed by atoms with van der Waals surface area (Å²) in [5.41, 5.74) is 3.86. The number of aliphatic hydroxyl groups is 1. The van der Waals surface area contributed by atoms with E-state index in [1.165, 1.54) is 17.3 Å². The number of carbonyl (C=O) groups excluding carboxylic acids is 1. The third kappa shape index (κ3) is 5.42. The Labute approximate surface area is 233 Å². The van der Waals surface area contributed by atoms with Crippen molar-refractivity contribution in [3.05, 3.63) is 111 Å². The number of aliphatic hydroxyl groups excluding tert-OH is 1. The molecule has 0 saturated carbocycles. The Hall–Kier alpha value is -3.75. The zero-order chi connectivity index (χ0) is 26.6. The molecule has 1 aromatic heterocycles. The van der Waals surface area contributed by atoms with Crippen LogP contribution in [0.15, 0.2) is 105 Å². The molecule has 2 heterocycles. The lowest BCUT2D eigenvalue weighted by Gasteiger charge is -2.05. The van der Waals surface area contributed by atoms with Gasteiger partial charge < -0.3 is 19.1 Å². The van der Waals surface area contributed by atoms with E-state index in [4.69, 9.17) is 9.47 Å². The van der Waals surface area contributed by atoms with E-state index in [2.05, 4.69) is 56.0 Å². The molecule has 0 amide bonds. The van der Waals surface area contributed by atoms with Gasteiger partial charge in [0.15, 0.2) is 0 Å². The zero-order valence-corrected chi connectivity index (χ0v) is 23.3. The highest BCUT2D eigenvalue weighted by Crippen LogP contribution is 2.41. The molecule has 0 radical (unpaired) electrons. The second kappa shape index (κ2) is 11.3. The number of carbonyl (C=O) groups is 1. The summed E-state index contributed by atoms with van der Waals surface area (Å²) < 4.78 is 13.6. The minimum atomic E-state index is -0.609. The third-order valence-corrected chi connectivity index (χ3v) is 7.54. The number of halogens is 1. The highest BCUT2D eigenvalue weighted by atomic mass is 79.9. The number of nitrogens with zero attached hydrogens (tertiary/aromatic N) is 2. The summed E-state index contributed by atoms with van der Waals surface area (Å²) in [6.07, 6.45) is 3.96. The minimum Gasteiger partial charge on any atom is -0.506 e. The van der Waals surface area contributed by atoms with Crippen LogP contribution in [0.5, 0.6) is 5.75 Å². The SMILES string of the molecule is CCOC(=O)C1=C(O)/C(=C/c2cn(Cc3ccccc3)c3ccc(Br)cc23)SC1=Nc1ccc(OC)cc1. The fourth-order valence-corrected chi connectivity index (χ4v) is 5.62. The molecular weight excluding hydrogens is 564 g/mol. The second-order valence-corrected chi connectivity index (χ2v) is 10.5. The first-order valence-electron chi connectivity index (χ1n) is 12.0. The Kier molecular flexibility index (Phi) is 7.72. The highest BCUT2D eigenvalue weighted by molar-refractivity contribution is 9.10. The van der Waals surface area contributed by atoms with Crippen molar-refractivity contribution in [2.45, 2.75) is 13.5 Å². The van der Waals surface area contributed by atoms with Gasteiger partial charge in [0.2, 0.25) is 0 Å². The fourth-order valence-electron chi connectivity index (χ4n) is 4.23. The molecule has 6 nitrogen and oxygen atoms in total. The van der Waals surface area contributed by atoms with E-state index in [0.717, 1.165) is 20.9 Å². The third-order valence-electron chi connectivity index (χ3n) is 6.03. The van der Waals surface area contributed by atoms with E-state index in [1.807, 2.05) is 30.3 Å². The summed E-state index contributed by atoms with van der Waals surface area (Å²) in [5.74, 6) is -0.0438. The number of esters is 1. The molecule has 0 atom stereocenters. The van der Waals surface area contributed by atoms with Gasteiger partial charge in [-0.05, 0) is 61.0 Å². The van der Waals surface area contributed by atoms with Crippen molar-refractivity contribution in [1.29, 1.82) is 0 Å². The Bertz CT molecular complexity index is 1590. The van der Waals surface area contributed by atoms with E-state index in [-0.39, 0.29) is 17.9 Å². The number of fused-ring (bicyclic) bond motifs is 1. The van der Waals surface area contributed by atoms with Gasteiger partial charge in [0.25, 0.3) is 0 Å². The number of hydrogen-bond acceptors (Lipinski definition) is 6. The van der Waals surface area contributed by atoms with Crippen LogP contribution < -0.4 is 4.74 Å². The lowest BCUT2D eigenvalue weighted by Crippen LogP contribution is -2.12. The summed E-state index contributed by atoms with van der Waals surface area (Å²) >= 11 is 4.83. The molecule has 0 fully saturated rings. The topological polar surface area (TPSA) is 73.0 Å². The van der Waals surface area contributed by atoms with Gasteiger partial charge in [-0.15, -0.1) is 0 Å². The van der Waals surface area contributed by atoms with Gasteiger partial charge in [-0.2, -0.15) is 0 Å². The minimum absolute atomic E-state index is 0.0631. The summed E-state index contributed by atoms with van der Waals surface area (Å²) in [4.78, 5) is 18.0. The summed E-state index contributed by atoms with van der Waals surface area (Å²) in [7, 11) is 1.60. The van der Waals surface area contributed by atoms with Gasteiger partial charge >= 0.3 is 5.97 Å². The number of benzene rings is 3. The number of hydrogen-bond donors (Lipinski definition) is 1. The molecule has 1 aliphatic heterocycles.